The topological polar surface area (TPSA) is 71.1 Å². The van der Waals surface area contributed by atoms with Crippen molar-refractivity contribution in [2.24, 2.45) is 0 Å². The molecule has 0 unspecified atom stereocenters. The summed E-state index contributed by atoms with van der Waals surface area (Å²) in [6.07, 6.45) is -0.248. The van der Waals surface area contributed by atoms with Crippen molar-refractivity contribution in [3.63, 3.8) is 0 Å². The van der Waals surface area contributed by atoms with E-state index >= 15 is 0 Å². The van der Waals surface area contributed by atoms with Gasteiger partial charge in [0.1, 0.15) is 11.9 Å². The summed E-state index contributed by atoms with van der Waals surface area (Å²) in [6, 6.07) is 2.00. The second-order valence-electron chi connectivity index (χ2n) is 5.20. The first-order valence-corrected chi connectivity index (χ1v) is 7.91. The number of amides is 1. The number of H-pyrrole nitrogens is 1. The Hall–Kier alpha value is -1.73. The third-order valence-corrected chi connectivity index (χ3v) is 4.40. The summed E-state index contributed by atoms with van der Waals surface area (Å²) in [5, 5.41) is 11.0. The summed E-state index contributed by atoms with van der Waals surface area (Å²) in [6.45, 7) is 5.44. The lowest BCUT2D eigenvalue weighted by molar-refractivity contribution is -0.140. The van der Waals surface area contributed by atoms with Crippen LogP contribution in [0.15, 0.2) is 16.8 Å². The van der Waals surface area contributed by atoms with E-state index in [1.54, 1.807) is 11.3 Å². The zero-order valence-corrected chi connectivity index (χ0v) is 12.9. The maximum absolute atomic E-state index is 12.6. The SMILES string of the molecule is Cc1nc([C@@H]2CN(C(=O)[C@H](C)c3ccsc3)CCO2)n[nH]1. The molecule has 3 rings (SSSR count). The zero-order valence-electron chi connectivity index (χ0n) is 12.1. The van der Waals surface area contributed by atoms with Crippen LogP contribution in [0.1, 0.15) is 36.2 Å². The van der Waals surface area contributed by atoms with Crippen molar-refractivity contribution in [1.29, 1.82) is 0 Å². The van der Waals surface area contributed by atoms with E-state index in [9.17, 15) is 4.79 Å². The van der Waals surface area contributed by atoms with E-state index in [-0.39, 0.29) is 17.9 Å². The average Bonchev–Trinajstić information content (AvgIpc) is 3.17. The molecule has 0 aromatic carbocycles. The van der Waals surface area contributed by atoms with Gasteiger partial charge in [-0.25, -0.2) is 4.98 Å². The molecule has 2 aromatic rings. The van der Waals surface area contributed by atoms with E-state index in [2.05, 4.69) is 15.2 Å². The van der Waals surface area contributed by atoms with Gasteiger partial charge < -0.3 is 9.64 Å². The van der Waals surface area contributed by atoms with Crippen LogP contribution >= 0.6 is 11.3 Å². The van der Waals surface area contributed by atoms with Crippen LogP contribution in [0, 0.1) is 6.92 Å². The fourth-order valence-electron chi connectivity index (χ4n) is 2.45. The van der Waals surface area contributed by atoms with Crippen LogP contribution in [0.4, 0.5) is 0 Å². The predicted octanol–water partition coefficient (Wildman–Crippen LogP) is 1.88. The molecule has 0 radical (unpaired) electrons. The first-order valence-electron chi connectivity index (χ1n) is 6.96. The summed E-state index contributed by atoms with van der Waals surface area (Å²) in [5.41, 5.74) is 1.07. The molecule has 1 aliphatic heterocycles. The molecule has 21 heavy (non-hydrogen) atoms. The number of aromatic nitrogens is 3. The fraction of sp³-hybridized carbons (Fsp3) is 0.500. The first-order chi connectivity index (χ1) is 10.1. The van der Waals surface area contributed by atoms with Gasteiger partial charge in [-0.15, -0.1) is 0 Å². The Kier molecular flexibility index (Phi) is 4.03. The number of rotatable bonds is 3. The number of aromatic amines is 1. The van der Waals surface area contributed by atoms with Gasteiger partial charge in [0, 0.05) is 6.54 Å². The number of hydrogen-bond acceptors (Lipinski definition) is 5. The number of nitrogens with one attached hydrogen (secondary N) is 1. The van der Waals surface area contributed by atoms with Gasteiger partial charge in [0.15, 0.2) is 5.82 Å². The van der Waals surface area contributed by atoms with Crippen molar-refractivity contribution in [3.8, 4) is 0 Å². The number of carbonyl (C=O) groups is 1. The fourth-order valence-corrected chi connectivity index (χ4v) is 3.20. The highest BCUT2D eigenvalue weighted by Gasteiger charge is 2.30. The van der Waals surface area contributed by atoms with Gasteiger partial charge in [-0.1, -0.05) is 0 Å². The van der Waals surface area contributed by atoms with Gasteiger partial charge in [-0.3, -0.25) is 9.89 Å². The summed E-state index contributed by atoms with van der Waals surface area (Å²) in [7, 11) is 0. The van der Waals surface area contributed by atoms with Gasteiger partial charge in [0.25, 0.3) is 0 Å². The molecular weight excluding hydrogens is 288 g/mol. The number of ether oxygens (including phenoxy) is 1. The zero-order chi connectivity index (χ0) is 14.8. The van der Waals surface area contributed by atoms with Crippen LogP contribution < -0.4 is 0 Å². The molecule has 1 amide bonds. The lowest BCUT2D eigenvalue weighted by Gasteiger charge is -2.33. The molecule has 6 nitrogen and oxygen atoms in total. The first kappa shape index (κ1) is 14.2. The molecule has 1 saturated heterocycles. The van der Waals surface area contributed by atoms with E-state index in [1.807, 2.05) is 35.6 Å². The minimum absolute atomic E-state index is 0.121. The lowest BCUT2D eigenvalue weighted by Crippen LogP contribution is -2.44. The molecule has 1 aliphatic rings. The summed E-state index contributed by atoms with van der Waals surface area (Å²) >= 11 is 1.61. The van der Waals surface area contributed by atoms with Crippen LogP contribution in [-0.2, 0) is 9.53 Å². The maximum Gasteiger partial charge on any atom is 0.230 e. The molecule has 3 heterocycles. The quantitative estimate of drug-likeness (QED) is 0.940. The Balaban J connectivity index is 1.69. The van der Waals surface area contributed by atoms with Crippen molar-refractivity contribution in [3.05, 3.63) is 34.0 Å². The highest BCUT2D eigenvalue weighted by atomic mass is 32.1. The molecule has 112 valence electrons. The van der Waals surface area contributed by atoms with Crippen molar-refractivity contribution >= 4 is 17.2 Å². The predicted molar refractivity (Wildman–Crippen MR) is 79.1 cm³/mol. The number of nitrogens with zero attached hydrogens (tertiary/aromatic N) is 3. The van der Waals surface area contributed by atoms with Crippen LogP contribution in [0.5, 0.6) is 0 Å². The summed E-state index contributed by atoms with van der Waals surface area (Å²) in [5.74, 6) is 1.38. The molecule has 0 saturated carbocycles. The highest BCUT2D eigenvalue weighted by molar-refractivity contribution is 7.08. The molecule has 0 aliphatic carbocycles. The van der Waals surface area contributed by atoms with Gasteiger partial charge in [-0.05, 0) is 36.2 Å². The van der Waals surface area contributed by atoms with E-state index in [4.69, 9.17) is 4.74 Å². The lowest BCUT2D eigenvalue weighted by atomic mass is 10.0. The van der Waals surface area contributed by atoms with Crippen LogP contribution in [0.25, 0.3) is 0 Å². The molecule has 0 spiro atoms. The van der Waals surface area contributed by atoms with Crippen LogP contribution in [0.2, 0.25) is 0 Å². The second kappa shape index (κ2) is 5.95. The normalized spacial score (nSPS) is 20.5. The highest BCUT2D eigenvalue weighted by Crippen LogP contribution is 2.25. The van der Waals surface area contributed by atoms with Crippen molar-refractivity contribution < 1.29 is 9.53 Å². The molecule has 1 fully saturated rings. The summed E-state index contributed by atoms with van der Waals surface area (Å²) in [4.78, 5) is 18.7. The molecule has 7 heteroatoms. The van der Waals surface area contributed by atoms with Gasteiger partial charge >= 0.3 is 0 Å². The van der Waals surface area contributed by atoms with Crippen LogP contribution in [-0.4, -0.2) is 45.7 Å². The van der Waals surface area contributed by atoms with Crippen molar-refractivity contribution in [1.82, 2.24) is 20.1 Å². The smallest absolute Gasteiger partial charge is 0.230 e. The molecule has 2 aromatic heterocycles. The number of aryl methyl sites for hydroxylation is 1. The van der Waals surface area contributed by atoms with E-state index < -0.39 is 0 Å². The average molecular weight is 306 g/mol. The Morgan fingerprint density at radius 1 is 1.62 bits per heavy atom. The third kappa shape index (κ3) is 2.98. The van der Waals surface area contributed by atoms with Gasteiger partial charge in [-0.2, -0.15) is 16.4 Å². The molecule has 0 bridgehead atoms. The van der Waals surface area contributed by atoms with Crippen LogP contribution in [0.3, 0.4) is 0 Å². The monoisotopic (exact) mass is 306 g/mol. The molecular formula is C14H18N4O2S. The second-order valence-corrected chi connectivity index (χ2v) is 5.98. The number of carbonyl (C=O) groups excluding carboxylic acids is 1. The maximum atomic E-state index is 12.6. The third-order valence-electron chi connectivity index (χ3n) is 3.69. The molecule has 2 atom stereocenters. The number of hydrogen-bond donors (Lipinski definition) is 1. The van der Waals surface area contributed by atoms with E-state index in [0.29, 0.717) is 25.5 Å². The standard InChI is InChI=1S/C14H18N4O2S/c1-9(11-3-6-21-8-11)14(19)18-4-5-20-12(7-18)13-15-10(2)16-17-13/h3,6,8-9,12H,4-5,7H2,1-2H3,(H,15,16,17)/t9-,12+/m1/s1. The van der Waals surface area contributed by atoms with Gasteiger partial charge in [0.2, 0.25) is 5.91 Å². The summed E-state index contributed by atoms with van der Waals surface area (Å²) < 4.78 is 5.69. The van der Waals surface area contributed by atoms with E-state index in [0.717, 1.165) is 11.4 Å². The largest absolute Gasteiger partial charge is 0.366 e. The Morgan fingerprint density at radius 3 is 3.14 bits per heavy atom. The number of thiophene rings is 1. The Labute approximate surface area is 127 Å². The van der Waals surface area contributed by atoms with Crippen molar-refractivity contribution in [2.75, 3.05) is 19.7 Å². The number of morpholine rings is 1. The Bertz CT molecular complexity index is 610. The molecule has 1 N–H and O–H groups in total. The minimum atomic E-state index is -0.248. The van der Waals surface area contributed by atoms with Gasteiger partial charge in [0.05, 0.1) is 19.1 Å². The Morgan fingerprint density at radius 2 is 2.48 bits per heavy atom. The minimum Gasteiger partial charge on any atom is -0.366 e. The van der Waals surface area contributed by atoms with E-state index in [1.165, 1.54) is 0 Å². The van der Waals surface area contributed by atoms with Crippen molar-refractivity contribution in [2.45, 2.75) is 25.9 Å².